The van der Waals surface area contributed by atoms with Crippen LogP contribution in [-0.2, 0) is 4.79 Å². The molecule has 0 atom stereocenters. The summed E-state index contributed by atoms with van der Waals surface area (Å²) in [5.74, 6) is -0.868. The minimum atomic E-state index is -0.961. The van der Waals surface area contributed by atoms with Crippen LogP contribution in [0.3, 0.4) is 0 Å². The van der Waals surface area contributed by atoms with Crippen molar-refractivity contribution in [1.82, 2.24) is 14.7 Å². The number of nitrogens with zero attached hydrogens (tertiary/aromatic N) is 3. The molecule has 1 aliphatic rings. The van der Waals surface area contributed by atoms with Crippen molar-refractivity contribution in [2.24, 2.45) is 0 Å². The average molecular weight is 237 g/mol. The minimum Gasteiger partial charge on any atom is -0.478 e. The molecule has 1 saturated heterocycles. The Balaban J connectivity index is 2.00. The summed E-state index contributed by atoms with van der Waals surface area (Å²) in [6.07, 6.45) is 4.55. The van der Waals surface area contributed by atoms with Gasteiger partial charge in [-0.3, -0.25) is 9.48 Å². The molecule has 17 heavy (non-hydrogen) atoms. The maximum absolute atomic E-state index is 11.2. The summed E-state index contributed by atoms with van der Waals surface area (Å²) in [6, 6.07) is 0.193. The Morgan fingerprint density at radius 3 is 2.53 bits per heavy atom. The first kappa shape index (κ1) is 11.6. The van der Waals surface area contributed by atoms with E-state index >= 15 is 0 Å². The molecule has 6 nitrogen and oxygen atoms in total. The molecule has 0 bridgehead atoms. The van der Waals surface area contributed by atoms with E-state index < -0.39 is 5.97 Å². The number of carbonyl (C=O) groups excluding carboxylic acids is 1. The van der Waals surface area contributed by atoms with Crippen LogP contribution in [0.25, 0.3) is 0 Å². The summed E-state index contributed by atoms with van der Waals surface area (Å²) in [5.41, 5.74) is 0.207. The van der Waals surface area contributed by atoms with Crippen molar-refractivity contribution in [2.75, 3.05) is 13.1 Å². The highest BCUT2D eigenvalue weighted by Crippen LogP contribution is 2.22. The van der Waals surface area contributed by atoms with Crippen molar-refractivity contribution in [1.29, 1.82) is 0 Å². The number of aromatic nitrogens is 2. The number of hydrogen-bond donors (Lipinski definition) is 1. The molecule has 0 aliphatic carbocycles. The molecule has 6 heteroatoms. The highest BCUT2D eigenvalue weighted by Gasteiger charge is 2.22. The molecule has 1 aliphatic heterocycles. The van der Waals surface area contributed by atoms with Crippen LogP contribution in [0.5, 0.6) is 0 Å². The summed E-state index contributed by atoms with van der Waals surface area (Å²) in [5, 5.41) is 12.9. The normalized spacial score (nSPS) is 17.1. The quantitative estimate of drug-likeness (QED) is 0.824. The zero-order chi connectivity index (χ0) is 12.4. The van der Waals surface area contributed by atoms with Crippen molar-refractivity contribution in [3.63, 3.8) is 0 Å². The summed E-state index contributed by atoms with van der Waals surface area (Å²) < 4.78 is 1.70. The molecule has 0 aromatic carbocycles. The van der Waals surface area contributed by atoms with Crippen molar-refractivity contribution in [2.45, 2.75) is 25.8 Å². The fourth-order valence-corrected chi connectivity index (χ4v) is 2.09. The number of carboxylic acids is 1. The lowest BCUT2D eigenvalue weighted by Crippen LogP contribution is -2.37. The number of amides is 1. The van der Waals surface area contributed by atoms with Crippen molar-refractivity contribution < 1.29 is 14.7 Å². The van der Waals surface area contributed by atoms with Gasteiger partial charge in [0.15, 0.2) is 0 Å². The van der Waals surface area contributed by atoms with E-state index in [2.05, 4.69) is 5.10 Å². The van der Waals surface area contributed by atoms with Gasteiger partial charge in [-0.25, -0.2) is 4.79 Å². The van der Waals surface area contributed by atoms with Crippen LogP contribution in [0, 0.1) is 0 Å². The molecule has 1 amide bonds. The zero-order valence-electron chi connectivity index (χ0n) is 9.67. The summed E-state index contributed by atoms with van der Waals surface area (Å²) in [6.45, 7) is 2.99. The van der Waals surface area contributed by atoms with Crippen LogP contribution in [0.1, 0.15) is 36.2 Å². The van der Waals surface area contributed by atoms with Gasteiger partial charge in [-0.1, -0.05) is 0 Å². The van der Waals surface area contributed by atoms with E-state index in [1.54, 1.807) is 22.7 Å². The standard InChI is InChI=1S/C11H15N3O3/c1-8(15)13-4-2-10(3-5-13)14-7-9(6-12-14)11(16)17/h6-7,10H,2-5H2,1H3,(H,16,17). The van der Waals surface area contributed by atoms with E-state index in [4.69, 9.17) is 5.11 Å². The van der Waals surface area contributed by atoms with Crippen molar-refractivity contribution >= 4 is 11.9 Å². The molecule has 1 aromatic heterocycles. The van der Waals surface area contributed by atoms with Gasteiger partial charge in [0.25, 0.3) is 0 Å². The van der Waals surface area contributed by atoms with Gasteiger partial charge in [0.2, 0.25) is 5.91 Å². The maximum Gasteiger partial charge on any atom is 0.338 e. The molecule has 0 saturated carbocycles. The van der Waals surface area contributed by atoms with Crippen LogP contribution in [0.4, 0.5) is 0 Å². The summed E-state index contributed by atoms with van der Waals surface area (Å²) in [4.78, 5) is 23.7. The number of piperidine rings is 1. The smallest absolute Gasteiger partial charge is 0.338 e. The van der Waals surface area contributed by atoms with Crippen molar-refractivity contribution in [3.05, 3.63) is 18.0 Å². The third-order valence-corrected chi connectivity index (χ3v) is 3.13. The van der Waals surface area contributed by atoms with Crippen molar-refractivity contribution in [3.8, 4) is 0 Å². The number of hydrogen-bond acceptors (Lipinski definition) is 3. The number of carboxylic acid groups (broad SMARTS) is 1. The highest BCUT2D eigenvalue weighted by molar-refractivity contribution is 5.86. The van der Waals surface area contributed by atoms with E-state index in [-0.39, 0.29) is 17.5 Å². The highest BCUT2D eigenvalue weighted by atomic mass is 16.4. The Hall–Kier alpha value is -1.85. The first-order chi connectivity index (χ1) is 8.08. The SMILES string of the molecule is CC(=O)N1CCC(n2cc(C(=O)O)cn2)CC1. The van der Waals surface area contributed by atoms with E-state index in [0.717, 1.165) is 12.8 Å². The lowest BCUT2D eigenvalue weighted by atomic mass is 10.1. The average Bonchev–Trinajstić information content (AvgIpc) is 2.78. The second-order valence-corrected chi connectivity index (χ2v) is 4.25. The molecule has 1 fully saturated rings. The Kier molecular flexibility index (Phi) is 3.12. The van der Waals surface area contributed by atoms with Gasteiger partial charge in [-0.2, -0.15) is 5.10 Å². The van der Waals surface area contributed by atoms with E-state index in [1.165, 1.54) is 6.20 Å². The minimum absolute atomic E-state index is 0.0927. The summed E-state index contributed by atoms with van der Waals surface area (Å²) in [7, 11) is 0. The first-order valence-corrected chi connectivity index (χ1v) is 5.61. The number of likely N-dealkylation sites (tertiary alicyclic amines) is 1. The Morgan fingerprint density at radius 1 is 1.41 bits per heavy atom. The molecule has 1 N–H and O–H groups in total. The maximum atomic E-state index is 11.2. The van der Waals surface area contributed by atoms with Crippen LogP contribution in [0.15, 0.2) is 12.4 Å². The van der Waals surface area contributed by atoms with Crippen LogP contribution in [-0.4, -0.2) is 44.8 Å². The van der Waals surface area contributed by atoms with Gasteiger partial charge >= 0.3 is 5.97 Å². The van der Waals surface area contributed by atoms with Crippen LogP contribution >= 0.6 is 0 Å². The van der Waals surface area contributed by atoms with E-state index in [1.807, 2.05) is 0 Å². The third kappa shape index (κ3) is 2.46. The van der Waals surface area contributed by atoms with Crippen LogP contribution in [0.2, 0.25) is 0 Å². The van der Waals surface area contributed by atoms with Gasteiger partial charge in [-0.05, 0) is 12.8 Å². The largest absolute Gasteiger partial charge is 0.478 e. The first-order valence-electron chi connectivity index (χ1n) is 5.61. The van der Waals surface area contributed by atoms with E-state index in [0.29, 0.717) is 13.1 Å². The fourth-order valence-electron chi connectivity index (χ4n) is 2.09. The van der Waals surface area contributed by atoms with Gasteiger partial charge in [0.05, 0.1) is 17.8 Å². The lowest BCUT2D eigenvalue weighted by Gasteiger charge is -2.31. The van der Waals surface area contributed by atoms with Gasteiger partial charge < -0.3 is 10.0 Å². The molecule has 0 spiro atoms. The Morgan fingerprint density at radius 2 is 2.06 bits per heavy atom. The molecule has 2 heterocycles. The molecule has 1 aromatic rings. The molecule has 92 valence electrons. The monoisotopic (exact) mass is 237 g/mol. The van der Waals surface area contributed by atoms with E-state index in [9.17, 15) is 9.59 Å². The topological polar surface area (TPSA) is 75.4 Å². The van der Waals surface area contributed by atoms with Gasteiger partial charge in [-0.15, -0.1) is 0 Å². The number of rotatable bonds is 2. The molecular weight excluding hydrogens is 222 g/mol. The molecule has 0 radical (unpaired) electrons. The second kappa shape index (κ2) is 4.57. The fraction of sp³-hybridized carbons (Fsp3) is 0.545. The number of carbonyl (C=O) groups is 2. The second-order valence-electron chi connectivity index (χ2n) is 4.25. The molecule has 2 rings (SSSR count). The van der Waals surface area contributed by atoms with Gasteiger partial charge in [0, 0.05) is 26.2 Å². The predicted molar refractivity (Wildman–Crippen MR) is 59.7 cm³/mol. The van der Waals surface area contributed by atoms with Crippen LogP contribution < -0.4 is 0 Å². The third-order valence-electron chi connectivity index (χ3n) is 3.13. The number of aromatic carboxylic acids is 1. The molecule has 0 unspecified atom stereocenters. The predicted octanol–water partition coefficient (Wildman–Crippen LogP) is 0.765. The Bertz CT molecular complexity index is 433. The zero-order valence-corrected chi connectivity index (χ0v) is 9.67. The lowest BCUT2D eigenvalue weighted by molar-refractivity contribution is -0.130. The van der Waals surface area contributed by atoms with Gasteiger partial charge in [0.1, 0.15) is 0 Å². The molecular formula is C11H15N3O3. The Labute approximate surface area is 98.8 Å². The summed E-state index contributed by atoms with van der Waals surface area (Å²) >= 11 is 0.